The van der Waals surface area contributed by atoms with E-state index in [9.17, 15) is 19.5 Å². The van der Waals surface area contributed by atoms with E-state index in [0.29, 0.717) is 50.4 Å². The van der Waals surface area contributed by atoms with Crippen LogP contribution >= 0.6 is 0 Å². The zero-order valence-corrected chi connectivity index (χ0v) is 34.8. The van der Waals surface area contributed by atoms with Crippen molar-refractivity contribution in [2.45, 2.75) is 68.8 Å². The largest absolute Gasteiger partial charge is 0.453 e. The zero-order chi connectivity index (χ0) is 42.6. The number of aromatic amines is 2. The lowest BCUT2D eigenvalue weighted by atomic mass is 9.99. The van der Waals surface area contributed by atoms with Crippen molar-refractivity contribution in [3.05, 3.63) is 144 Å². The number of likely N-dealkylation sites (tertiary alicyclic amines) is 3. The number of imidazole rings is 2. The standard InChI is InChI=1S/C49H52N8O5/c1-62-49(61)54-43(36-10-4-2-5-11-36)47(59)56-26-8-14-41(56)45-50-30-39(52-45)34-20-16-32(17-21-34)33-18-22-35(23-19-33)40-31-51-46(53-40)42-15-9-27-57(42)48(60)44(37-12-6-3-7-13-37)55-28-24-38(58)25-29-55/h2-7,10-13,16-23,30-31,38,41-44,58H,8-9,14-15,24-29H2,1H3,(H,50,52)(H,51,53)(H,54,61)/t41-,42-,43+,44?/m0/s1. The SMILES string of the molecule is COC(=O)N[C@@H](C(=O)N1CCC[C@H]1c1ncc(-c2ccc(-c3ccc(-c4cnc([C@@H]5CCCN5C(=O)C(c5ccccc5)N5CCC(O)CC5)[nH]4)cc3)cc2)[nH]1)c1ccccc1. The van der Waals surface area contributed by atoms with Crippen LogP contribution in [0, 0.1) is 0 Å². The Kier molecular flexibility index (Phi) is 12.0. The Hall–Kier alpha value is -6.57. The van der Waals surface area contributed by atoms with E-state index in [4.69, 9.17) is 14.7 Å². The molecule has 9 rings (SSSR count). The molecular formula is C49H52N8O5. The molecule has 3 amide bonds. The van der Waals surface area contributed by atoms with Crippen LogP contribution in [0.25, 0.3) is 33.6 Å². The number of rotatable bonds is 11. The second-order valence-electron chi connectivity index (χ2n) is 16.5. The zero-order valence-electron chi connectivity index (χ0n) is 34.8. The summed E-state index contributed by atoms with van der Waals surface area (Å²) in [6, 6.07) is 34.3. The Morgan fingerprint density at radius 1 is 0.629 bits per heavy atom. The molecule has 0 spiro atoms. The van der Waals surface area contributed by atoms with Crippen LogP contribution in [0.5, 0.6) is 0 Å². The molecule has 0 radical (unpaired) electrons. The fraction of sp³-hybridized carbons (Fsp3) is 0.327. The van der Waals surface area contributed by atoms with Gasteiger partial charge in [0.1, 0.15) is 23.7 Å². The maximum absolute atomic E-state index is 14.4. The molecule has 2 aromatic heterocycles. The van der Waals surface area contributed by atoms with E-state index >= 15 is 0 Å². The highest BCUT2D eigenvalue weighted by Crippen LogP contribution is 2.38. The fourth-order valence-corrected chi connectivity index (χ4v) is 9.34. The summed E-state index contributed by atoms with van der Waals surface area (Å²) in [5, 5.41) is 12.9. The van der Waals surface area contributed by atoms with E-state index in [1.165, 1.54) is 7.11 Å². The molecule has 0 aliphatic carbocycles. The lowest BCUT2D eigenvalue weighted by Gasteiger charge is -2.38. The number of carbonyl (C=O) groups is 3. The molecule has 5 heterocycles. The number of H-pyrrole nitrogens is 2. The van der Waals surface area contributed by atoms with Gasteiger partial charge in [-0.15, -0.1) is 0 Å². The topological polar surface area (TPSA) is 160 Å². The first kappa shape index (κ1) is 40.8. The van der Waals surface area contributed by atoms with Gasteiger partial charge in [0.2, 0.25) is 5.91 Å². The molecule has 4 atom stereocenters. The number of aromatic nitrogens is 4. The predicted molar refractivity (Wildman–Crippen MR) is 235 cm³/mol. The van der Waals surface area contributed by atoms with Gasteiger partial charge in [-0.25, -0.2) is 14.8 Å². The third-order valence-electron chi connectivity index (χ3n) is 12.7. The third kappa shape index (κ3) is 8.50. The highest BCUT2D eigenvalue weighted by atomic mass is 16.5. The quantitative estimate of drug-likeness (QED) is 0.103. The van der Waals surface area contributed by atoms with Crippen LogP contribution in [0.2, 0.25) is 0 Å². The van der Waals surface area contributed by atoms with E-state index in [0.717, 1.165) is 70.7 Å². The fourth-order valence-electron chi connectivity index (χ4n) is 9.34. The molecule has 1 unspecified atom stereocenters. The number of nitrogens with zero attached hydrogens (tertiary/aromatic N) is 5. The summed E-state index contributed by atoms with van der Waals surface area (Å²) in [6.07, 6.45) is 7.36. The molecule has 0 saturated carbocycles. The average Bonchev–Trinajstić information content (AvgIpc) is 4.17. The maximum atomic E-state index is 14.4. The van der Waals surface area contributed by atoms with Crippen LogP contribution in [0.3, 0.4) is 0 Å². The molecular weight excluding hydrogens is 781 g/mol. The number of carbonyl (C=O) groups excluding carboxylic acids is 3. The summed E-state index contributed by atoms with van der Waals surface area (Å²) < 4.78 is 4.84. The summed E-state index contributed by atoms with van der Waals surface area (Å²) in [5.41, 5.74) is 7.55. The van der Waals surface area contributed by atoms with Crippen molar-refractivity contribution < 1.29 is 24.2 Å². The summed E-state index contributed by atoms with van der Waals surface area (Å²) in [7, 11) is 1.29. The summed E-state index contributed by atoms with van der Waals surface area (Å²) in [5.74, 6) is 1.39. The Morgan fingerprint density at radius 3 is 1.60 bits per heavy atom. The highest BCUT2D eigenvalue weighted by molar-refractivity contribution is 5.87. The molecule has 318 valence electrons. The maximum Gasteiger partial charge on any atom is 0.407 e. The van der Waals surface area contributed by atoms with E-state index in [2.05, 4.69) is 68.7 Å². The van der Waals surface area contributed by atoms with Crippen molar-refractivity contribution in [2.75, 3.05) is 33.3 Å². The number of aliphatic hydroxyl groups is 1. The molecule has 13 heteroatoms. The van der Waals surface area contributed by atoms with Crippen molar-refractivity contribution in [3.8, 4) is 33.6 Å². The first-order chi connectivity index (χ1) is 30.3. The minimum atomic E-state index is -0.877. The van der Waals surface area contributed by atoms with E-state index in [1.54, 1.807) is 4.90 Å². The first-order valence-corrected chi connectivity index (χ1v) is 21.6. The Labute approximate surface area is 361 Å². The van der Waals surface area contributed by atoms with Gasteiger partial charge in [-0.05, 0) is 71.9 Å². The van der Waals surface area contributed by atoms with Gasteiger partial charge >= 0.3 is 6.09 Å². The Balaban J connectivity index is 0.859. The number of alkyl carbamates (subject to hydrolysis) is 1. The number of nitrogens with one attached hydrogen (secondary N) is 3. The molecule has 62 heavy (non-hydrogen) atoms. The number of hydrogen-bond donors (Lipinski definition) is 4. The molecule has 6 aromatic rings. The normalized spacial score (nSPS) is 19.3. The number of aliphatic hydroxyl groups excluding tert-OH is 1. The Morgan fingerprint density at radius 2 is 1.10 bits per heavy atom. The van der Waals surface area contributed by atoms with Crippen LogP contribution in [0.1, 0.15) is 85.5 Å². The van der Waals surface area contributed by atoms with Crippen LogP contribution < -0.4 is 5.32 Å². The van der Waals surface area contributed by atoms with Crippen molar-refractivity contribution in [2.24, 2.45) is 0 Å². The monoisotopic (exact) mass is 832 g/mol. The second kappa shape index (κ2) is 18.2. The average molecular weight is 833 g/mol. The lowest BCUT2D eigenvalue weighted by molar-refractivity contribution is -0.139. The van der Waals surface area contributed by atoms with E-state index in [1.807, 2.05) is 78.0 Å². The summed E-state index contributed by atoms with van der Waals surface area (Å²) in [6.45, 7) is 2.61. The van der Waals surface area contributed by atoms with Crippen LogP contribution in [-0.2, 0) is 14.3 Å². The first-order valence-electron chi connectivity index (χ1n) is 21.6. The lowest BCUT2D eigenvalue weighted by Crippen LogP contribution is -2.46. The number of piperidine rings is 1. The molecule has 3 aliphatic heterocycles. The van der Waals surface area contributed by atoms with E-state index < -0.39 is 18.2 Å². The van der Waals surface area contributed by atoms with Crippen LogP contribution in [0.15, 0.2) is 122 Å². The van der Waals surface area contributed by atoms with E-state index in [-0.39, 0.29) is 30.0 Å². The van der Waals surface area contributed by atoms with Gasteiger partial charge in [0.25, 0.3) is 5.91 Å². The number of methoxy groups -OCH3 is 1. The van der Waals surface area contributed by atoms with Gasteiger partial charge in [-0.2, -0.15) is 0 Å². The number of amides is 3. The van der Waals surface area contributed by atoms with Crippen molar-refractivity contribution >= 4 is 17.9 Å². The second-order valence-corrected chi connectivity index (χ2v) is 16.5. The summed E-state index contributed by atoms with van der Waals surface area (Å²) in [4.78, 5) is 63.1. The van der Waals surface area contributed by atoms with Crippen LogP contribution in [-0.4, -0.2) is 97.0 Å². The van der Waals surface area contributed by atoms with Gasteiger partial charge in [0.05, 0.1) is 49.1 Å². The molecule has 4 aromatic carbocycles. The minimum Gasteiger partial charge on any atom is -0.453 e. The molecule has 3 aliphatic rings. The van der Waals surface area contributed by atoms with Gasteiger partial charge in [-0.1, -0.05) is 109 Å². The molecule has 0 bridgehead atoms. The van der Waals surface area contributed by atoms with Gasteiger partial charge in [0, 0.05) is 26.2 Å². The third-order valence-corrected chi connectivity index (χ3v) is 12.7. The predicted octanol–water partition coefficient (Wildman–Crippen LogP) is 7.76. The van der Waals surface area contributed by atoms with Gasteiger partial charge < -0.3 is 34.9 Å². The van der Waals surface area contributed by atoms with Gasteiger partial charge in [-0.3, -0.25) is 14.5 Å². The van der Waals surface area contributed by atoms with Crippen molar-refractivity contribution in [1.82, 2.24) is 40.0 Å². The van der Waals surface area contributed by atoms with Crippen molar-refractivity contribution in [3.63, 3.8) is 0 Å². The Bertz CT molecular complexity index is 2460. The summed E-state index contributed by atoms with van der Waals surface area (Å²) >= 11 is 0. The highest BCUT2D eigenvalue weighted by Gasteiger charge is 2.40. The number of benzene rings is 4. The number of ether oxygens (including phenoxy) is 1. The van der Waals surface area contributed by atoms with Crippen LogP contribution in [0.4, 0.5) is 4.79 Å². The molecule has 3 fully saturated rings. The smallest absolute Gasteiger partial charge is 0.407 e. The number of hydrogen-bond acceptors (Lipinski definition) is 8. The van der Waals surface area contributed by atoms with Gasteiger partial charge in [0.15, 0.2) is 0 Å². The molecule has 3 saturated heterocycles. The minimum absolute atomic E-state index is 0.0902. The van der Waals surface area contributed by atoms with Crippen molar-refractivity contribution in [1.29, 1.82) is 0 Å². The molecule has 13 nitrogen and oxygen atoms in total. The molecule has 4 N–H and O–H groups in total.